The Hall–Kier alpha value is -0.830. The molecule has 0 amide bonds. The molecule has 1 heterocycles. The number of hydrogen-bond acceptors (Lipinski definition) is 1. The van der Waals surface area contributed by atoms with Gasteiger partial charge in [0.05, 0.1) is 0 Å². The molecule has 0 aliphatic heterocycles. The van der Waals surface area contributed by atoms with Crippen LogP contribution in [0.5, 0.6) is 0 Å². The number of hydrogen-bond donors (Lipinski definition) is 0. The first-order valence-electron chi connectivity index (χ1n) is 2.14. The molecule has 1 rings (SSSR count). The molecule has 0 spiro atoms. The molecule has 9 heavy (non-hydrogen) atoms. The van der Waals surface area contributed by atoms with Gasteiger partial charge in [-0.1, -0.05) is 0 Å². The first kappa shape index (κ1) is 8.17. The molecule has 0 aliphatic carbocycles. The van der Waals surface area contributed by atoms with E-state index in [1.807, 2.05) is 0 Å². The largest absolute Gasteiger partial charge is 0.618 e. The van der Waals surface area contributed by atoms with E-state index in [0.717, 1.165) is 0 Å². The summed E-state index contributed by atoms with van der Waals surface area (Å²) in [6.45, 7) is 0. The van der Waals surface area contributed by atoms with Crippen LogP contribution in [-0.2, 0) is 0 Å². The molecule has 0 saturated carbocycles. The smallest absolute Gasteiger partial charge is 0.286 e. The summed E-state index contributed by atoms with van der Waals surface area (Å²) in [4.78, 5) is 0. The Kier molecular flexibility index (Phi) is 2.95. The van der Waals surface area contributed by atoms with E-state index in [1.54, 1.807) is 12.1 Å². The van der Waals surface area contributed by atoms with E-state index < -0.39 is 0 Å². The molecular weight excluding hydrogens is 145 g/mol. The van der Waals surface area contributed by atoms with Gasteiger partial charge in [-0.25, -0.2) is 0 Å². The fourth-order valence-corrected chi connectivity index (χ4v) is 0.537. The van der Waals surface area contributed by atoms with Gasteiger partial charge in [0.15, 0.2) is 6.20 Å². The van der Waals surface area contributed by atoms with Crippen molar-refractivity contribution in [2.45, 2.75) is 0 Å². The maximum Gasteiger partial charge on any atom is 0.286 e. The molecule has 1 aromatic rings. The standard InChI is InChI=1S/C5H4ClNO.FH/c6-5-3-1-2-4-7(5)8;/h1-4H;1H. The van der Waals surface area contributed by atoms with Crippen LogP contribution in [0.3, 0.4) is 0 Å². The van der Waals surface area contributed by atoms with Crippen molar-refractivity contribution >= 4 is 11.6 Å². The van der Waals surface area contributed by atoms with Gasteiger partial charge in [0, 0.05) is 12.1 Å². The van der Waals surface area contributed by atoms with Crippen LogP contribution in [-0.4, -0.2) is 0 Å². The first-order valence-corrected chi connectivity index (χ1v) is 2.52. The summed E-state index contributed by atoms with van der Waals surface area (Å²) in [5.41, 5.74) is 0. The van der Waals surface area contributed by atoms with Gasteiger partial charge < -0.3 is 5.21 Å². The third-order valence-electron chi connectivity index (χ3n) is 0.777. The number of halogens is 2. The molecule has 0 fully saturated rings. The summed E-state index contributed by atoms with van der Waals surface area (Å²) >= 11 is 5.36. The lowest BCUT2D eigenvalue weighted by Gasteiger charge is -1.93. The van der Waals surface area contributed by atoms with Crippen molar-refractivity contribution < 1.29 is 9.43 Å². The molecule has 0 aliphatic rings. The van der Waals surface area contributed by atoms with Gasteiger partial charge >= 0.3 is 0 Å². The quantitative estimate of drug-likeness (QED) is 0.309. The van der Waals surface area contributed by atoms with E-state index in [1.165, 1.54) is 12.3 Å². The first-order chi connectivity index (χ1) is 3.80. The van der Waals surface area contributed by atoms with Crippen molar-refractivity contribution in [3.8, 4) is 0 Å². The van der Waals surface area contributed by atoms with Gasteiger partial charge in [0.25, 0.3) is 5.15 Å². The SMILES string of the molecule is F.[O-][n+]1ccccc1Cl. The second kappa shape index (κ2) is 3.25. The highest BCUT2D eigenvalue weighted by Crippen LogP contribution is 1.96. The van der Waals surface area contributed by atoms with E-state index in [0.29, 0.717) is 4.73 Å². The molecule has 0 atom stereocenters. The van der Waals surface area contributed by atoms with Crippen molar-refractivity contribution in [1.29, 1.82) is 0 Å². The van der Waals surface area contributed by atoms with Crippen LogP contribution in [0, 0.1) is 5.21 Å². The zero-order chi connectivity index (χ0) is 5.98. The highest BCUT2D eigenvalue weighted by atomic mass is 35.5. The highest BCUT2D eigenvalue weighted by molar-refractivity contribution is 6.28. The molecule has 0 unspecified atom stereocenters. The van der Waals surface area contributed by atoms with Crippen LogP contribution in [0.15, 0.2) is 24.4 Å². The van der Waals surface area contributed by atoms with Crippen molar-refractivity contribution in [2.75, 3.05) is 0 Å². The summed E-state index contributed by atoms with van der Waals surface area (Å²) in [6, 6.07) is 4.87. The van der Waals surface area contributed by atoms with Crippen LogP contribution < -0.4 is 4.73 Å². The molecule has 0 N–H and O–H groups in total. The van der Waals surface area contributed by atoms with Gasteiger partial charge in [-0.3, -0.25) is 4.70 Å². The van der Waals surface area contributed by atoms with Gasteiger partial charge in [-0.15, -0.1) is 0 Å². The van der Waals surface area contributed by atoms with Gasteiger partial charge in [-0.05, 0) is 17.7 Å². The minimum atomic E-state index is 0. The summed E-state index contributed by atoms with van der Waals surface area (Å²) in [6.07, 6.45) is 1.35. The zero-order valence-electron chi connectivity index (χ0n) is 4.45. The molecule has 0 saturated heterocycles. The Morgan fingerprint density at radius 3 is 2.44 bits per heavy atom. The molecule has 0 radical (unpaired) electrons. The normalized spacial score (nSPS) is 8.11. The Morgan fingerprint density at radius 2 is 2.11 bits per heavy atom. The third kappa shape index (κ3) is 1.85. The van der Waals surface area contributed by atoms with E-state index >= 15 is 0 Å². The van der Waals surface area contributed by atoms with E-state index in [9.17, 15) is 5.21 Å². The van der Waals surface area contributed by atoms with Crippen molar-refractivity contribution in [3.63, 3.8) is 0 Å². The lowest BCUT2D eigenvalue weighted by atomic mass is 10.5. The Bertz CT molecular complexity index is 173. The highest BCUT2D eigenvalue weighted by Gasteiger charge is 1.92. The van der Waals surface area contributed by atoms with Crippen molar-refractivity contribution in [3.05, 3.63) is 34.8 Å². The van der Waals surface area contributed by atoms with E-state index in [4.69, 9.17) is 11.6 Å². The third-order valence-corrected chi connectivity index (χ3v) is 1.07. The minimum absolute atomic E-state index is 0. The number of nitrogens with zero attached hydrogens (tertiary/aromatic N) is 1. The average molecular weight is 150 g/mol. The average Bonchev–Trinajstić information content (AvgIpc) is 1.77. The Labute approximate surface area is 56.6 Å². The van der Waals surface area contributed by atoms with Crippen LogP contribution >= 0.6 is 11.6 Å². The fraction of sp³-hybridized carbons (Fsp3) is 0. The fourth-order valence-electron chi connectivity index (χ4n) is 0.407. The number of pyridine rings is 1. The predicted molar refractivity (Wildman–Crippen MR) is 32.9 cm³/mol. The second-order valence-electron chi connectivity index (χ2n) is 1.35. The Balaban J connectivity index is 0.000000640. The van der Waals surface area contributed by atoms with Crippen LogP contribution in [0.25, 0.3) is 0 Å². The van der Waals surface area contributed by atoms with Crippen molar-refractivity contribution in [2.24, 2.45) is 0 Å². The van der Waals surface area contributed by atoms with Crippen LogP contribution in [0.2, 0.25) is 5.15 Å². The molecule has 50 valence electrons. The van der Waals surface area contributed by atoms with E-state index in [2.05, 4.69) is 0 Å². The summed E-state index contributed by atoms with van der Waals surface area (Å²) < 4.78 is 0.599. The molecule has 0 aromatic carbocycles. The molecule has 2 nitrogen and oxygen atoms in total. The van der Waals surface area contributed by atoms with E-state index in [-0.39, 0.29) is 9.86 Å². The summed E-state index contributed by atoms with van der Waals surface area (Å²) in [5.74, 6) is 0. The maximum atomic E-state index is 10.4. The lowest BCUT2D eigenvalue weighted by Crippen LogP contribution is -2.25. The monoisotopic (exact) mass is 149 g/mol. The molecule has 0 bridgehead atoms. The van der Waals surface area contributed by atoms with Gasteiger partial charge in [0.2, 0.25) is 0 Å². The maximum absolute atomic E-state index is 10.4. The van der Waals surface area contributed by atoms with Crippen LogP contribution in [0.1, 0.15) is 0 Å². The zero-order valence-corrected chi connectivity index (χ0v) is 5.21. The van der Waals surface area contributed by atoms with Gasteiger partial charge in [-0.2, -0.15) is 4.73 Å². The van der Waals surface area contributed by atoms with Crippen LogP contribution in [0.4, 0.5) is 4.70 Å². The van der Waals surface area contributed by atoms with Crippen molar-refractivity contribution in [1.82, 2.24) is 0 Å². The number of rotatable bonds is 0. The summed E-state index contributed by atoms with van der Waals surface area (Å²) in [7, 11) is 0. The molecule has 4 heteroatoms. The lowest BCUT2D eigenvalue weighted by molar-refractivity contribution is -0.603. The minimum Gasteiger partial charge on any atom is -0.618 e. The predicted octanol–water partition coefficient (Wildman–Crippen LogP) is 1.13. The number of aromatic nitrogens is 1. The Morgan fingerprint density at radius 1 is 1.44 bits per heavy atom. The second-order valence-corrected chi connectivity index (χ2v) is 1.74. The van der Waals surface area contributed by atoms with Gasteiger partial charge in [0.1, 0.15) is 0 Å². The molecule has 1 aromatic heterocycles. The summed E-state index contributed by atoms with van der Waals surface area (Å²) in [5, 5.41) is 10.6. The molecular formula is C5H5ClFNO. The topological polar surface area (TPSA) is 26.9 Å².